The summed E-state index contributed by atoms with van der Waals surface area (Å²) in [5, 5.41) is 2.10. The average molecular weight is 430 g/mol. The summed E-state index contributed by atoms with van der Waals surface area (Å²) < 4.78 is 53.1. The Balaban J connectivity index is 2.07. The molecule has 0 radical (unpaired) electrons. The van der Waals surface area contributed by atoms with Crippen LogP contribution in [0.4, 0.5) is 14.5 Å². The van der Waals surface area contributed by atoms with Crippen LogP contribution in [0.1, 0.15) is 20.8 Å². The summed E-state index contributed by atoms with van der Waals surface area (Å²) in [6.45, 7) is 5.78. The molecular formula is C18H21F2N3O3S2. The van der Waals surface area contributed by atoms with Gasteiger partial charge in [-0.15, -0.1) is 0 Å². The summed E-state index contributed by atoms with van der Waals surface area (Å²) >= 11 is 1.07. The zero-order valence-corrected chi connectivity index (χ0v) is 17.3. The number of pyridine rings is 1. The Hall–Kier alpha value is -2.04. The van der Waals surface area contributed by atoms with Crippen molar-refractivity contribution in [3.8, 4) is 0 Å². The van der Waals surface area contributed by atoms with E-state index < -0.39 is 32.8 Å². The first-order valence-electron chi connectivity index (χ1n) is 8.57. The number of carbonyl (C=O) groups is 1. The predicted octanol–water partition coefficient (Wildman–Crippen LogP) is 3.51. The van der Waals surface area contributed by atoms with Crippen LogP contribution >= 0.6 is 11.8 Å². The topological polar surface area (TPSA) is 79.4 Å². The lowest BCUT2D eigenvalue weighted by molar-refractivity contribution is -0.115. The van der Waals surface area contributed by atoms with Crippen molar-refractivity contribution in [1.82, 2.24) is 9.29 Å². The Morgan fingerprint density at radius 1 is 1.21 bits per heavy atom. The standard InChI is InChI=1S/C18H21F2N3O3S2/c1-4-23(5-2)28(25,26)14-7-9-17(21-11-14)27-12(3)18(24)22-16-10-13(19)6-8-15(16)20/h6-12H,4-5H2,1-3H3,(H,22,24). The van der Waals surface area contributed by atoms with Gasteiger partial charge in [0.05, 0.1) is 16.0 Å². The Kier molecular flexibility index (Phi) is 7.50. The lowest BCUT2D eigenvalue weighted by atomic mass is 10.3. The summed E-state index contributed by atoms with van der Waals surface area (Å²) in [6, 6.07) is 5.73. The number of nitrogens with zero attached hydrogens (tertiary/aromatic N) is 2. The second-order valence-electron chi connectivity index (χ2n) is 5.79. The first-order valence-corrected chi connectivity index (χ1v) is 10.9. The van der Waals surface area contributed by atoms with Crippen LogP contribution in [0.25, 0.3) is 0 Å². The van der Waals surface area contributed by atoms with Gasteiger partial charge >= 0.3 is 0 Å². The second kappa shape index (κ2) is 9.44. The predicted molar refractivity (Wildman–Crippen MR) is 105 cm³/mol. The molecule has 0 saturated heterocycles. The summed E-state index contributed by atoms with van der Waals surface area (Å²) in [5.41, 5.74) is -0.244. The third-order valence-electron chi connectivity index (χ3n) is 3.91. The number of amides is 1. The molecule has 10 heteroatoms. The van der Waals surface area contributed by atoms with Crippen LogP contribution in [-0.4, -0.2) is 42.0 Å². The molecule has 0 spiro atoms. The van der Waals surface area contributed by atoms with Crippen molar-refractivity contribution in [2.24, 2.45) is 0 Å². The van der Waals surface area contributed by atoms with Gasteiger partial charge in [-0.2, -0.15) is 4.31 Å². The van der Waals surface area contributed by atoms with Gasteiger partial charge in [-0.05, 0) is 31.2 Å². The molecule has 1 N–H and O–H groups in total. The van der Waals surface area contributed by atoms with Crippen molar-refractivity contribution in [2.45, 2.75) is 35.9 Å². The molecule has 0 aliphatic heterocycles. The summed E-state index contributed by atoms with van der Waals surface area (Å²) in [5.74, 6) is -1.93. The largest absolute Gasteiger partial charge is 0.323 e. The monoisotopic (exact) mass is 429 g/mol. The number of nitrogens with one attached hydrogen (secondary N) is 1. The fourth-order valence-electron chi connectivity index (χ4n) is 2.36. The molecular weight excluding hydrogens is 408 g/mol. The minimum absolute atomic E-state index is 0.0690. The average Bonchev–Trinajstić information content (AvgIpc) is 2.65. The highest BCUT2D eigenvalue weighted by Gasteiger charge is 2.22. The van der Waals surface area contributed by atoms with Crippen LogP contribution in [0.15, 0.2) is 46.5 Å². The molecule has 0 bridgehead atoms. The quantitative estimate of drug-likeness (QED) is 0.650. The van der Waals surface area contributed by atoms with Gasteiger partial charge in [-0.25, -0.2) is 22.2 Å². The number of hydrogen-bond acceptors (Lipinski definition) is 5. The highest BCUT2D eigenvalue weighted by molar-refractivity contribution is 8.00. The van der Waals surface area contributed by atoms with E-state index >= 15 is 0 Å². The van der Waals surface area contributed by atoms with Crippen LogP contribution < -0.4 is 5.32 Å². The Labute approximate surface area is 167 Å². The molecule has 0 saturated carbocycles. The number of hydrogen-bond donors (Lipinski definition) is 1. The Morgan fingerprint density at radius 2 is 1.89 bits per heavy atom. The van der Waals surface area contributed by atoms with Gasteiger partial charge in [0.2, 0.25) is 15.9 Å². The van der Waals surface area contributed by atoms with Gasteiger partial charge < -0.3 is 5.32 Å². The molecule has 1 unspecified atom stereocenters. The summed E-state index contributed by atoms with van der Waals surface area (Å²) in [4.78, 5) is 16.4. The highest BCUT2D eigenvalue weighted by atomic mass is 32.2. The van der Waals surface area contributed by atoms with E-state index in [1.165, 1.54) is 22.6 Å². The van der Waals surface area contributed by atoms with Crippen molar-refractivity contribution in [1.29, 1.82) is 0 Å². The van der Waals surface area contributed by atoms with E-state index in [2.05, 4.69) is 10.3 Å². The van der Waals surface area contributed by atoms with Crippen LogP contribution in [-0.2, 0) is 14.8 Å². The summed E-state index contributed by atoms with van der Waals surface area (Å²) in [6.07, 6.45) is 1.24. The summed E-state index contributed by atoms with van der Waals surface area (Å²) in [7, 11) is -3.61. The molecule has 1 heterocycles. The number of anilines is 1. The van der Waals surface area contributed by atoms with Crippen LogP contribution in [0.5, 0.6) is 0 Å². The molecule has 1 aromatic carbocycles. The zero-order valence-electron chi connectivity index (χ0n) is 15.6. The molecule has 2 rings (SSSR count). The zero-order chi connectivity index (χ0) is 20.9. The molecule has 1 atom stereocenters. The number of aromatic nitrogens is 1. The lowest BCUT2D eigenvalue weighted by Gasteiger charge is -2.18. The number of benzene rings is 1. The van der Waals surface area contributed by atoms with Crippen molar-refractivity contribution in [2.75, 3.05) is 18.4 Å². The van der Waals surface area contributed by atoms with Crippen LogP contribution in [0.2, 0.25) is 0 Å². The minimum atomic E-state index is -3.61. The molecule has 0 aliphatic carbocycles. The van der Waals surface area contributed by atoms with Gasteiger partial charge in [0, 0.05) is 25.4 Å². The van der Waals surface area contributed by atoms with Gasteiger partial charge in [0.15, 0.2) is 0 Å². The maximum atomic E-state index is 13.6. The lowest BCUT2D eigenvalue weighted by Crippen LogP contribution is -2.30. The Bertz CT molecular complexity index is 934. The molecule has 152 valence electrons. The van der Waals surface area contributed by atoms with Gasteiger partial charge in [-0.3, -0.25) is 4.79 Å². The highest BCUT2D eigenvalue weighted by Crippen LogP contribution is 2.25. The van der Waals surface area contributed by atoms with E-state index in [0.29, 0.717) is 18.1 Å². The Morgan fingerprint density at radius 3 is 2.46 bits per heavy atom. The number of carbonyl (C=O) groups excluding carboxylic acids is 1. The van der Waals surface area contributed by atoms with Crippen LogP contribution in [0.3, 0.4) is 0 Å². The van der Waals surface area contributed by atoms with Crippen LogP contribution in [0, 0.1) is 11.6 Å². The van der Waals surface area contributed by atoms with Gasteiger partial charge in [-0.1, -0.05) is 25.6 Å². The van der Waals surface area contributed by atoms with E-state index in [1.807, 2.05) is 0 Å². The van der Waals surface area contributed by atoms with Crippen molar-refractivity contribution >= 4 is 33.4 Å². The number of halogens is 2. The van der Waals surface area contributed by atoms with E-state index in [9.17, 15) is 22.0 Å². The number of thioether (sulfide) groups is 1. The first kappa shape index (κ1) is 22.3. The SMILES string of the molecule is CCN(CC)S(=O)(=O)c1ccc(SC(C)C(=O)Nc2cc(F)ccc2F)nc1. The van der Waals surface area contributed by atoms with Crippen molar-refractivity contribution < 1.29 is 22.0 Å². The molecule has 2 aromatic rings. The maximum Gasteiger partial charge on any atom is 0.244 e. The van der Waals surface area contributed by atoms with Crippen molar-refractivity contribution in [3.05, 3.63) is 48.2 Å². The molecule has 1 amide bonds. The number of rotatable bonds is 8. The molecule has 6 nitrogen and oxygen atoms in total. The fourth-order valence-corrected chi connectivity index (χ4v) is 4.56. The maximum absolute atomic E-state index is 13.6. The normalized spacial score (nSPS) is 12.8. The first-order chi connectivity index (χ1) is 13.2. The molecule has 0 fully saturated rings. The van der Waals surface area contributed by atoms with Gasteiger partial charge in [0.25, 0.3) is 0 Å². The third kappa shape index (κ3) is 5.27. The number of sulfonamides is 1. The van der Waals surface area contributed by atoms with E-state index in [4.69, 9.17) is 0 Å². The molecule has 0 aliphatic rings. The second-order valence-corrected chi connectivity index (χ2v) is 9.09. The third-order valence-corrected chi connectivity index (χ3v) is 6.99. The van der Waals surface area contributed by atoms with E-state index in [1.54, 1.807) is 20.8 Å². The molecule has 1 aromatic heterocycles. The minimum Gasteiger partial charge on any atom is -0.323 e. The fraction of sp³-hybridized carbons (Fsp3) is 0.333. The van der Waals surface area contributed by atoms with E-state index in [0.717, 1.165) is 30.0 Å². The van der Waals surface area contributed by atoms with Crippen molar-refractivity contribution in [3.63, 3.8) is 0 Å². The van der Waals surface area contributed by atoms with Gasteiger partial charge in [0.1, 0.15) is 16.5 Å². The molecule has 28 heavy (non-hydrogen) atoms. The smallest absolute Gasteiger partial charge is 0.244 e. The van der Waals surface area contributed by atoms with E-state index in [-0.39, 0.29) is 10.6 Å².